The lowest BCUT2D eigenvalue weighted by molar-refractivity contribution is 0.513. The third-order valence-electron chi connectivity index (χ3n) is 3.05. The van der Waals surface area contributed by atoms with Gasteiger partial charge in [-0.15, -0.1) is 0 Å². The molecule has 0 bridgehead atoms. The maximum atomic E-state index is 14.3. The van der Waals surface area contributed by atoms with Crippen molar-refractivity contribution in [3.63, 3.8) is 0 Å². The fourth-order valence-corrected chi connectivity index (χ4v) is 2.56. The molecule has 5 heteroatoms. The van der Waals surface area contributed by atoms with Crippen molar-refractivity contribution in [3.05, 3.63) is 52.0 Å². The molecule has 0 spiro atoms. The highest BCUT2D eigenvalue weighted by atomic mass is 79.9. The van der Waals surface area contributed by atoms with E-state index in [1.807, 2.05) is 30.7 Å². The van der Waals surface area contributed by atoms with Gasteiger partial charge < -0.3 is 5.32 Å². The molecule has 3 nitrogen and oxygen atoms in total. The highest BCUT2D eigenvalue weighted by molar-refractivity contribution is 9.10. The van der Waals surface area contributed by atoms with Crippen LogP contribution in [0.5, 0.6) is 0 Å². The Morgan fingerprint density at radius 2 is 2.16 bits per heavy atom. The summed E-state index contributed by atoms with van der Waals surface area (Å²) in [6.45, 7) is 5.55. The van der Waals surface area contributed by atoms with Crippen LogP contribution >= 0.6 is 15.9 Å². The topological polar surface area (TPSA) is 29.9 Å². The number of nitrogens with zero attached hydrogens (tertiary/aromatic N) is 2. The van der Waals surface area contributed by atoms with Gasteiger partial charge in [-0.25, -0.2) is 4.39 Å². The third-order valence-corrected chi connectivity index (χ3v) is 3.66. The predicted octanol–water partition coefficient (Wildman–Crippen LogP) is 3.50. The van der Waals surface area contributed by atoms with Gasteiger partial charge in [0.05, 0.1) is 16.2 Å². The lowest BCUT2D eigenvalue weighted by Gasteiger charge is -2.20. The summed E-state index contributed by atoms with van der Waals surface area (Å²) < 4.78 is 16.7. The van der Waals surface area contributed by atoms with Crippen LogP contribution in [-0.2, 0) is 6.54 Å². The predicted molar refractivity (Wildman–Crippen MR) is 77.5 cm³/mol. The Morgan fingerprint density at radius 1 is 1.37 bits per heavy atom. The SMILES string of the molecule is CCNC(c1cccc(Br)c1F)c1ccnn1CC. The molecule has 0 amide bonds. The van der Waals surface area contributed by atoms with Gasteiger partial charge in [0.2, 0.25) is 0 Å². The minimum atomic E-state index is -0.225. The molecule has 1 unspecified atom stereocenters. The molecule has 102 valence electrons. The molecule has 0 radical (unpaired) electrons. The number of hydrogen-bond donors (Lipinski definition) is 1. The van der Waals surface area contributed by atoms with Gasteiger partial charge in [0.15, 0.2) is 0 Å². The fraction of sp³-hybridized carbons (Fsp3) is 0.357. The van der Waals surface area contributed by atoms with Crippen LogP contribution in [0.25, 0.3) is 0 Å². The van der Waals surface area contributed by atoms with Crippen molar-refractivity contribution in [3.8, 4) is 0 Å². The zero-order chi connectivity index (χ0) is 13.8. The number of halogens is 2. The summed E-state index contributed by atoms with van der Waals surface area (Å²) in [5.41, 5.74) is 1.60. The zero-order valence-corrected chi connectivity index (χ0v) is 12.6. The molecular weight excluding hydrogens is 309 g/mol. The molecule has 0 saturated heterocycles. The monoisotopic (exact) mass is 325 g/mol. The third kappa shape index (κ3) is 2.87. The number of aromatic nitrogens is 2. The van der Waals surface area contributed by atoms with Gasteiger partial charge in [0.25, 0.3) is 0 Å². The van der Waals surface area contributed by atoms with Gasteiger partial charge in [-0.3, -0.25) is 4.68 Å². The molecule has 0 aliphatic heterocycles. The maximum Gasteiger partial charge on any atom is 0.142 e. The lowest BCUT2D eigenvalue weighted by atomic mass is 10.0. The lowest BCUT2D eigenvalue weighted by Crippen LogP contribution is -2.25. The van der Waals surface area contributed by atoms with E-state index in [0.717, 1.165) is 18.8 Å². The number of nitrogens with one attached hydrogen (secondary N) is 1. The van der Waals surface area contributed by atoms with Crippen LogP contribution in [0, 0.1) is 5.82 Å². The number of aryl methyl sites for hydroxylation is 1. The average molecular weight is 326 g/mol. The Balaban J connectivity index is 2.48. The van der Waals surface area contributed by atoms with Crippen LogP contribution in [0.4, 0.5) is 4.39 Å². The van der Waals surface area contributed by atoms with E-state index in [0.29, 0.717) is 10.0 Å². The van der Waals surface area contributed by atoms with Crippen LogP contribution in [-0.4, -0.2) is 16.3 Å². The van der Waals surface area contributed by atoms with Crippen molar-refractivity contribution in [2.75, 3.05) is 6.54 Å². The van der Waals surface area contributed by atoms with Crippen molar-refractivity contribution < 1.29 is 4.39 Å². The summed E-state index contributed by atoms with van der Waals surface area (Å²) >= 11 is 3.24. The standard InChI is InChI=1S/C14H17BrFN3/c1-3-17-14(12-8-9-18-19(12)4-2)10-6-5-7-11(15)13(10)16/h5-9,14,17H,3-4H2,1-2H3. The van der Waals surface area contributed by atoms with Crippen LogP contribution in [0.15, 0.2) is 34.9 Å². The zero-order valence-electron chi connectivity index (χ0n) is 11.0. The van der Waals surface area contributed by atoms with Gasteiger partial charge in [0, 0.05) is 18.3 Å². The Bertz CT molecular complexity index is 553. The summed E-state index contributed by atoms with van der Waals surface area (Å²) in [5, 5.41) is 7.58. The molecule has 1 aromatic heterocycles. The van der Waals surface area contributed by atoms with Crippen molar-refractivity contribution in [1.82, 2.24) is 15.1 Å². The second kappa shape index (κ2) is 6.30. The van der Waals surface area contributed by atoms with E-state index in [9.17, 15) is 4.39 Å². The minimum Gasteiger partial charge on any atom is -0.305 e. The van der Waals surface area contributed by atoms with Gasteiger partial charge in [-0.1, -0.05) is 19.1 Å². The number of hydrogen-bond acceptors (Lipinski definition) is 2. The fourth-order valence-electron chi connectivity index (χ4n) is 2.17. The van der Waals surface area contributed by atoms with Crippen LogP contribution < -0.4 is 5.32 Å². The quantitative estimate of drug-likeness (QED) is 0.911. The molecule has 1 N–H and O–H groups in total. The van der Waals surface area contributed by atoms with E-state index < -0.39 is 0 Å². The molecule has 0 saturated carbocycles. The number of rotatable bonds is 5. The highest BCUT2D eigenvalue weighted by Crippen LogP contribution is 2.28. The van der Waals surface area contributed by atoms with Gasteiger partial charge in [0.1, 0.15) is 5.82 Å². The van der Waals surface area contributed by atoms with Gasteiger partial charge >= 0.3 is 0 Å². The molecule has 1 aromatic carbocycles. The first-order chi connectivity index (χ1) is 9.19. The maximum absolute atomic E-state index is 14.3. The molecule has 2 rings (SSSR count). The van der Waals surface area contributed by atoms with Crippen molar-refractivity contribution in [2.45, 2.75) is 26.4 Å². The van der Waals surface area contributed by atoms with Crippen molar-refractivity contribution >= 4 is 15.9 Å². The summed E-state index contributed by atoms with van der Waals surface area (Å²) in [4.78, 5) is 0. The second-order valence-corrected chi connectivity index (χ2v) is 5.06. The Kier molecular flexibility index (Phi) is 4.71. The molecule has 1 heterocycles. The Morgan fingerprint density at radius 3 is 2.84 bits per heavy atom. The van der Waals surface area contributed by atoms with E-state index in [1.54, 1.807) is 18.3 Å². The summed E-state index contributed by atoms with van der Waals surface area (Å²) in [7, 11) is 0. The molecule has 0 aliphatic carbocycles. The van der Waals surface area contributed by atoms with E-state index in [-0.39, 0.29) is 11.9 Å². The summed E-state index contributed by atoms with van der Waals surface area (Å²) in [6, 6.07) is 7.10. The number of benzene rings is 1. The normalized spacial score (nSPS) is 12.6. The van der Waals surface area contributed by atoms with Crippen LogP contribution in [0.1, 0.15) is 31.1 Å². The van der Waals surface area contributed by atoms with E-state index >= 15 is 0 Å². The van der Waals surface area contributed by atoms with Gasteiger partial charge in [-0.2, -0.15) is 5.10 Å². The average Bonchev–Trinajstić information content (AvgIpc) is 2.88. The molecule has 0 aliphatic rings. The highest BCUT2D eigenvalue weighted by Gasteiger charge is 2.21. The summed E-state index contributed by atoms with van der Waals surface area (Å²) in [6.07, 6.45) is 1.75. The van der Waals surface area contributed by atoms with Crippen LogP contribution in [0.3, 0.4) is 0 Å². The van der Waals surface area contributed by atoms with E-state index in [2.05, 4.69) is 26.3 Å². The molecule has 0 fully saturated rings. The Hall–Kier alpha value is -1.20. The smallest absolute Gasteiger partial charge is 0.142 e. The van der Waals surface area contributed by atoms with E-state index in [1.165, 1.54) is 0 Å². The van der Waals surface area contributed by atoms with Crippen molar-refractivity contribution in [2.24, 2.45) is 0 Å². The van der Waals surface area contributed by atoms with Crippen LogP contribution in [0.2, 0.25) is 0 Å². The minimum absolute atomic E-state index is 0.190. The first-order valence-electron chi connectivity index (χ1n) is 6.38. The second-order valence-electron chi connectivity index (χ2n) is 4.21. The molecule has 2 aromatic rings. The van der Waals surface area contributed by atoms with E-state index in [4.69, 9.17) is 0 Å². The van der Waals surface area contributed by atoms with Gasteiger partial charge in [-0.05, 0) is 41.5 Å². The molecule has 1 atom stereocenters. The first kappa shape index (κ1) is 14.2. The molecular formula is C14H17BrFN3. The van der Waals surface area contributed by atoms with Crippen molar-refractivity contribution in [1.29, 1.82) is 0 Å². The first-order valence-corrected chi connectivity index (χ1v) is 7.17. The Labute approximate surface area is 121 Å². The summed E-state index contributed by atoms with van der Waals surface area (Å²) in [5.74, 6) is -0.225. The molecule has 19 heavy (non-hydrogen) atoms. The largest absolute Gasteiger partial charge is 0.305 e.